The van der Waals surface area contributed by atoms with Crippen molar-refractivity contribution in [2.75, 3.05) is 33.7 Å². The molecule has 1 amide bonds. The van der Waals surface area contributed by atoms with Gasteiger partial charge in [-0.3, -0.25) is 4.79 Å². The second kappa shape index (κ2) is 8.75. The third-order valence-electron chi connectivity index (χ3n) is 4.04. The number of piperidine rings is 1. The van der Waals surface area contributed by atoms with Crippen LogP contribution in [0.2, 0.25) is 0 Å². The van der Waals surface area contributed by atoms with Crippen LogP contribution in [0.1, 0.15) is 23.2 Å². The zero-order chi connectivity index (χ0) is 17.0. The lowest BCUT2D eigenvalue weighted by atomic mass is 9.97. The minimum absolute atomic E-state index is 0. The van der Waals surface area contributed by atoms with E-state index in [1.807, 2.05) is 7.05 Å². The number of hydrogen-bond acceptors (Lipinski definition) is 4. The fourth-order valence-corrected chi connectivity index (χ4v) is 3.67. The van der Waals surface area contributed by atoms with Crippen LogP contribution in [0.3, 0.4) is 0 Å². The predicted octanol–water partition coefficient (Wildman–Crippen LogP) is 1.23. The monoisotopic (exact) mass is 379 g/mol. The van der Waals surface area contributed by atoms with Crippen molar-refractivity contribution in [1.29, 1.82) is 0 Å². The van der Waals surface area contributed by atoms with E-state index in [-0.39, 0.29) is 23.9 Å². The van der Waals surface area contributed by atoms with Crippen LogP contribution in [0.4, 0.5) is 4.39 Å². The molecule has 1 aliphatic heterocycles. The van der Waals surface area contributed by atoms with Crippen LogP contribution in [0.5, 0.6) is 0 Å². The van der Waals surface area contributed by atoms with Gasteiger partial charge in [-0.15, -0.1) is 12.4 Å². The lowest BCUT2D eigenvalue weighted by Gasteiger charge is -2.32. The molecule has 1 aromatic carbocycles. The largest absolute Gasteiger partial charge is 0.338 e. The molecule has 0 bridgehead atoms. The summed E-state index contributed by atoms with van der Waals surface area (Å²) in [7, 11) is -0.865. The molecule has 0 aliphatic carbocycles. The second-order valence-corrected chi connectivity index (χ2v) is 7.52. The highest BCUT2D eigenvalue weighted by Gasteiger charge is 2.26. The Balaban J connectivity index is 0.00000288. The second-order valence-electron chi connectivity index (χ2n) is 5.67. The first-order valence-corrected chi connectivity index (χ1v) is 9.04. The highest BCUT2D eigenvalue weighted by atomic mass is 35.5. The normalized spacial score (nSPS) is 18.1. The van der Waals surface area contributed by atoms with E-state index in [2.05, 4.69) is 10.0 Å². The number of halogens is 2. The summed E-state index contributed by atoms with van der Waals surface area (Å²) in [4.78, 5) is 13.8. The van der Waals surface area contributed by atoms with Gasteiger partial charge in [-0.2, -0.15) is 0 Å². The Hall–Kier alpha value is -1.22. The van der Waals surface area contributed by atoms with Gasteiger partial charge in [0, 0.05) is 18.7 Å². The molecule has 6 nitrogen and oxygen atoms in total. The van der Waals surface area contributed by atoms with E-state index in [9.17, 15) is 17.6 Å². The number of carbonyl (C=O) groups excluding carboxylic acids is 1. The van der Waals surface area contributed by atoms with E-state index in [1.165, 1.54) is 13.1 Å². The highest BCUT2D eigenvalue weighted by Crippen LogP contribution is 2.21. The molecule has 1 heterocycles. The zero-order valence-electron chi connectivity index (χ0n) is 13.7. The predicted molar refractivity (Wildman–Crippen MR) is 92.4 cm³/mol. The van der Waals surface area contributed by atoms with Gasteiger partial charge >= 0.3 is 0 Å². The molecule has 1 aliphatic rings. The van der Waals surface area contributed by atoms with Gasteiger partial charge < -0.3 is 10.2 Å². The summed E-state index contributed by atoms with van der Waals surface area (Å²) < 4.78 is 39.5. The number of likely N-dealkylation sites (tertiary alicyclic amines) is 1. The van der Waals surface area contributed by atoms with Crippen molar-refractivity contribution in [2.45, 2.75) is 17.7 Å². The Bertz CT molecular complexity index is 683. The van der Waals surface area contributed by atoms with E-state index < -0.39 is 20.7 Å². The minimum atomic E-state index is -3.94. The first kappa shape index (κ1) is 20.8. The van der Waals surface area contributed by atoms with E-state index in [0.717, 1.165) is 31.5 Å². The van der Waals surface area contributed by atoms with E-state index in [1.54, 1.807) is 4.90 Å². The molecule has 9 heteroatoms. The molecule has 2 N–H and O–H groups in total. The van der Waals surface area contributed by atoms with Crippen LogP contribution < -0.4 is 10.0 Å². The number of nitrogens with one attached hydrogen (secondary N) is 2. The summed E-state index contributed by atoms with van der Waals surface area (Å²) >= 11 is 0. The number of hydrogen-bond donors (Lipinski definition) is 2. The third kappa shape index (κ3) is 4.66. The summed E-state index contributed by atoms with van der Waals surface area (Å²) in [5.74, 6) is -0.764. The number of carbonyl (C=O) groups is 1. The molecule has 0 saturated carbocycles. The van der Waals surface area contributed by atoms with E-state index >= 15 is 0 Å². The van der Waals surface area contributed by atoms with Crippen LogP contribution in [0.15, 0.2) is 23.1 Å². The van der Waals surface area contributed by atoms with Gasteiger partial charge in [0.15, 0.2) is 0 Å². The van der Waals surface area contributed by atoms with Gasteiger partial charge in [0.1, 0.15) is 10.7 Å². The third-order valence-corrected chi connectivity index (χ3v) is 5.46. The molecule has 0 spiro atoms. The van der Waals surface area contributed by atoms with Crippen molar-refractivity contribution < 1.29 is 17.6 Å². The molecular weight excluding hydrogens is 357 g/mol. The number of amides is 1. The maximum absolute atomic E-state index is 13.8. The van der Waals surface area contributed by atoms with Gasteiger partial charge in [0.05, 0.1) is 0 Å². The highest BCUT2D eigenvalue weighted by molar-refractivity contribution is 7.89. The first-order chi connectivity index (χ1) is 10.9. The standard InChI is InChI=1S/C15H22FN3O3S.ClH/c1-17-9-11-4-3-7-19(10-11)15(20)12-5-6-13(16)14(8-12)23(21,22)18-2;/h5-6,8,11,17-18H,3-4,7,9-10H2,1-2H3;1H. The molecule has 1 aromatic rings. The lowest BCUT2D eigenvalue weighted by Crippen LogP contribution is -2.42. The van der Waals surface area contributed by atoms with Crippen molar-refractivity contribution in [3.05, 3.63) is 29.6 Å². The SMILES string of the molecule is CNCC1CCCN(C(=O)c2ccc(F)c(S(=O)(=O)NC)c2)C1.Cl. The van der Waals surface area contributed by atoms with Crippen LogP contribution in [-0.4, -0.2) is 53.0 Å². The fourth-order valence-electron chi connectivity index (χ4n) is 2.84. The van der Waals surface area contributed by atoms with Crippen LogP contribution in [0.25, 0.3) is 0 Å². The Kier molecular flexibility index (Phi) is 7.59. The van der Waals surface area contributed by atoms with Crippen LogP contribution >= 0.6 is 12.4 Å². The summed E-state index contributed by atoms with van der Waals surface area (Å²) in [6.07, 6.45) is 1.95. The quantitative estimate of drug-likeness (QED) is 0.806. The molecule has 1 atom stereocenters. The van der Waals surface area contributed by atoms with Crippen molar-refractivity contribution in [2.24, 2.45) is 5.92 Å². The number of sulfonamides is 1. The summed E-state index contributed by atoms with van der Waals surface area (Å²) in [6.45, 7) is 2.07. The molecule has 1 fully saturated rings. The molecule has 0 aromatic heterocycles. The van der Waals surface area contributed by atoms with Crippen molar-refractivity contribution in [3.8, 4) is 0 Å². The van der Waals surface area contributed by atoms with Gasteiger partial charge in [-0.25, -0.2) is 17.5 Å². The van der Waals surface area contributed by atoms with Crippen LogP contribution in [-0.2, 0) is 10.0 Å². The Morgan fingerprint density at radius 3 is 2.71 bits per heavy atom. The molecule has 1 saturated heterocycles. The smallest absolute Gasteiger partial charge is 0.253 e. The molecule has 24 heavy (non-hydrogen) atoms. The zero-order valence-corrected chi connectivity index (χ0v) is 15.3. The maximum atomic E-state index is 13.8. The average molecular weight is 380 g/mol. The molecular formula is C15H23ClFN3O3S. The Morgan fingerprint density at radius 1 is 1.38 bits per heavy atom. The van der Waals surface area contributed by atoms with Crippen molar-refractivity contribution in [3.63, 3.8) is 0 Å². The van der Waals surface area contributed by atoms with E-state index in [0.29, 0.717) is 19.0 Å². The van der Waals surface area contributed by atoms with Crippen molar-refractivity contribution in [1.82, 2.24) is 14.9 Å². The van der Waals surface area contributed by atoms with Gasteiger partial charge in [-0.1, -0.05) is 0 Å². The van der Waals surface area contributed by atoms with Crippen LogP contribution in [0, 0.1) is 11.7 Å². The number of nitrogens with zero attached hydrogens (tertiary/aromatic N) is 1. The van der Waals surface area contributed by atoms with Crippen molar-refractivity contribution >= 4 is 28.3 Å². The summed E-state index contributed by atoms with van der Waals surface area (Å²) in [5, 5.41) is 3.11. The topological polar surface area (TPSA) is 78.5 Å². The molecule has 2 rings (SSSR count). The fraction of sp³-hybridized carbons (Fsp3) is 0.533. The Labute approximate surface area is 148 Å². The molecule has 0 radical (unpaired) electrons. The maximum Gasteiger partial charge on any atom is 0.253 e. The van der Waals surface area contributed by atoms with Gasteiger partial charge in [-0.05, 0) is 57.6 Å². The lowest BCUT2D eigenvalue weighted by molar-refractivity contribution is 0.0674. The minimum Gasteiger partial charge on any atom is -0.338 e. The number of benzene rings is 1. The molecule has 136 valence electrons. The van der Waals surface area contributed by atoms with Gasteiger partial charge in [0.25, 0.3) is 5.91 Å². The first-order valence-electron chi connectivity index (χ1n) is 7.56. The average Bonchev–Trinajstić information content (AvgIpc) is 2.55. The van der Waals surface area contributed by atoms with Gasteiger partial charge in [0.2, 0.25) is 10.0 Å². The Morgan fingerprint density at radius 2 is 2.08 bits per heavy atom. The van der Waals surface area contributed by atoms with E-state index in [4.69, 9.17) is 0 Å². The number of rotatable bonds is 5. The summed E-state index contributed by atoms with van der Waals surface area (Å²) in [5.41, 5.74) is 0.185. The molecule has 1 unspecified atom stereocenters. The summed E-state index contributed by atoms with van der Waals surface area (Å²) in [6, 6.07) is 3.45.